The van der Waals surface area contributed by atoms with Crippen molar-refractivity contribution in [3.8, 4) is 5.75 Å². The van der Waals surface area contributed by atoms with E-state index in [0.29, 0.717) is 18.0 Å². The molecule has 1 aromatic rings. The van der Waals surface area contributed by atoms with Gasteiger partial charge >= 0.3 is 0 Å². The van der Waals surface area contributed by atoms with Gasteiger partial charge in [-0.25, -0.2) is 0 Å². The van der Waals surface area contributed by atoms with E-state index in [1.165, 1.54) is 11.8 Å². The maximum Gasteiger partial charge on any atom is 0.159 e. The van der Waals surface area contributed by atoms with Crippen molar-refractivity contribution >= 4 is 16.9 Å². The van der Waals surface area contributed by atoms with E-state index in [1.807, 2.05) is 24.3 Å². The number of aliphatic hydroxyl groups excluding tert-OH is 3. The molecule has 0 bridgehead atoms. The number of aliphatic hydroxyl groups is 3. The molecule has 138 valence electrons. The van der Waals surface area contributed by atoms with Crippen LogP contribution in [0.3, 0.4) is 0 Å². The highest BCUT2D eigenvalue weighted by Gasteiger charge is 2.49. The lowest BCUT2D eigenvalue weighted by Gasteiger charge is -2.40. The van der Waals surface area contributed by atoms with Gasteiger partial charge in [0.2, 0.25) is 0 Å². The second-order valence-electron chi connectivity index (χ2n) is 6.20. The summed E-state index contributed by atoms with van der Waals surface area (Å²) in [4.78, 5) is 4.30. The fraction of sp³-hybridized carbons (Fsp3) is 0.588. The lowest BCUT2D eigenvalue weighted by molar-refractivity contribution is -0.185. The van der Waals surface area contributed by atoms with Crippen LogP contribution in [0.4, 0.5) is 0 Å². The maximum atomic E-state index is 10.5. The summed E-state index contributed by atoms with van der Waals surface area (Å²) in [6.07, 6.45) is -2.90. The Kier molecular flexibility index (Phi) is 5.85. The number of nitrogens with zero attached hydrogens (tertiary/aromatic N) is 1. The second-order valence-corrected chi connectivity index (χ2v) is 7.28. The first-order valence-electron chi connectivity index (χ1n) is 8.28. The van der Waals surface area contributed by atoms with E-state index < -0.39 is 35.9 Å². The molecular formula is C17H24N2O5S. The zero-order valence-corrected chi connectivity index (χ0v) is 15.0. The van der Waals surface area contributed by atoms with Crippen molar-refractivity contribution in [1.29, 1.82) is 0 Å². The number of hydrogen-bond acceptors (Lipinski definition) is 8. The molecule has 7 nitrogen and oxygen atoms in total. The summed E-state index contributed by atoms with van der Waals surface area (Å²) in [5, 5.41) is 34.7. The Morgan fingerprint density at radius 2 is 2.00 bits per heavy atom. The molecule has 0 spiro atoms. The van der Waals surface area contributed by atoms with Gasteiger partial charge in [-0.3, -0.25) is 4.99 Å². The predicted octanol–water partition coefficient (Wildman–Crippen LogP) is 0.126. The van der Waals surface area contributed by atoms with E-state index in [1.54, 1.807) is 14.2 Å². The molecule has 8 heteroatoms. The lowest BCUT2D eigenvalue weighted by Crippen LogP contribution is -2.58. The summed E-state index contributed by atoms with van der Waals surface area (Å²) in [7, 11) is 3.36. The molecule has 0 amide bonds. The van der Waals surface area contributed by atoms with Crippen molar-refractivity contribution in [1.82, 2.24) is 5.32 Å². The number of benzene rings is 1. The first-order chi connectivity index (χ1) is 12.0. The maximum absolute atomic E-state index is 10.5. The van der Waals surface area contributed by atoms with Crippen molar-refractivity contribution in [3.05, 3.63) is 29.8 Å². The summed E-state index contributed by atoms with van der Waals surface area (Å²) in [6.45, 7) is 0. The van der Waals surface area contributed by atoms with E-state index in [2.05, 4.69) is 10.3 Å². The van der Waals surface area contributed by atoms with Crippen molar-refractivity contribution in [3.63, 3.8) is 0 Å². The number of rotatable bonds is 5. The molecule has 2 aliphatic heterocycles. The minimum Gasteiger partial charge on any atom is -0.497 e. The number of thioether (sulfide) groups is 1. The van der Waals surface area contributed by atoms with E-state index in [0.717, 1.165) is 11.3 Å². The van der Waals surface area contributed by atoms with Gasteiger partial charge in [-0.1, -0.05) is 23.9 Å². The van der Waals surface area contributed by atoms with E-state index in [9.17, 15) is 15.3 Å². The van der Waals surface area contributed by atoms with Crippen molar-refractivity contribution in [2.45, 2.75) is 48.7 Å². The molecule has 2 heterocycles. The van der Waals surface area contributed by atoms with Crippen LogP contribution in [-0.4, -0.2) is 70.5 Å². The van der Waals surface area contributed by atoms with Gasteiger partial charge < -0.3 is 30.1 Å². The van der Waals surface area contributed by atoms with Gasteiger partial charge in [0.05, 0.1) is 13.2 Å². The third-order valence-electron chi connectivity index (χ3n) is 4.58. The van der Waals surface area contributed by atoms with Gasteiger partial charge in [0.1, 0.15) is 35.5 Å². The Morgan fingerprint density at radius 1 is 1.28 bits per heavy atom. The molecular weight excluding hydrogens is 344 g/mol. The summed E-state index contributed by atoms with van der Waals surface area (Å²) in [6, 6.07) is 7.09. The Labute approximate surface area is 151 Å². The zero-order valence-electron chi connectivity index (χ0n) is 14.2. The van der Waals surface area contributed by atoms with Crippen LogP contribution in [-0.2, 0) is 11.2 Å². The first-order valence-corrected chi connectivity index (χ1v) is 9.16. The Hall–Kier alpha value is -1.32. The number of nitrogens with one attached hydrogen (secondary N) is 1. The third-order valence-corrected chi connectivity index (χ3v) is 5.74. The average molecular weight is 368 g/mol. The predicted molar refractivity (Wildman–Crippen MR) is 95.9 cm³/mol. The minimum atomic E-state index is -1.17. The Morgan fingerprint density at radius 3 is 2.64 bits per heavy atom. The van der Waals surface area contributed by atoms with Gasteiger partial charge in [0.25, 0.3) is 0 Å². The molecule has 0 aromatic heterocycles. The molecule has 3 rings (SSSR count). The third kappa shape index (κ3) is 3.93. The number of amidine groups is 1. The number of fused-ring (bicyclic) bond motifs is 1. The molecule has 25 heavy (non-hydrogen) atoms. The summed E-state index contributed by atoms with van der Waals surface area (Å²) >= 11 is 1.36. The normalized spacial score (nSPS) is 32.7. The number of methoxy groups -OCH3 is 1. The van der Waals surface area contributed by atoms with Crippen LogP contribution in [0.2, 0.25) is 0 Å². The van der Waals surface area contributed by atoms with Crippen LogP contribution in [0.1, 0.15) is 12.0 Å². The molecule has 0 unspecified atom stereocenters. The smallest absolute Gasteiger partial charge is 0.159 e. The quantitative estimate of drug-likeness (QED) is 0.586. The monoisotopic (exact) mass is 368 g/mol. The fourth-order valence-electron chi connectivity index (χ4n) is 3.10. The molecule has 4 N–H and O–H groups in total. The van der Waals surface area contributed by atoms with Crippen LogP contribution in [0.25, 0.3) is 0 Å². The molecule has 0 aliphatic carbocycles. The molecule has 1 aromatic carbocycles. The first kappa shape index (κ1) is 18.5. The number of aliphatic imine (C=N–C) groups is 1. The lowest BCUT2D eigenvalue weighted by atomic mass is 9.92. The van der Waals surface area contributed by atoms with E-state index >= 15 is 0 Å². The molecule has 0 saturated carbocycles. The topological polar surface area (TPSA) is 104 Å². The minimum absolute atomic E-state index is 0.401. The van der Waals surface area contributed by atoms with Crippen LogP contribution in [0.15, 0.2) is 29.3 Å². The summed E-state index contributed by atoms with van der Waals surface area (Å²) in [5.41, 5.74) is 0.654. The average Bonchev–Trinajstić information content (AvgIpc) is 3.06. The van der Waals surface area contributed by atoms with Gasteiger partial charge in [0.15, 0.2) is 5.17 Å². The van der Waals surface area contributed by atoms with Crippen molar-refractivity contribution in [2.24, 2.45) is 4.99 Å². The standard InChI is InChI=1S/C17H24N2O5S/c1-18-17-19-12-13(21)14(22)15(24-16(12)25-17)11(20)8-5-9-3-6-10(23-2)7-4-9/h3-4,6-7,11-16,20-22H,5,8H2,1-2H3,(H,18,19)/t11-,12-,13-,14+,15-,16-/m1/s1. The van der Waals surface area contributed by atoms with Crippen LogP contribution >= 0.6 is 11.8 Å². The van der Waals surface area contributed by atoms with Crippen molar-refractivity contribution in [2.75, 3.05) is 14.2 Å². The fourth-order valence-corrected chi connectivity index (χ4v) is 4.16. The highest BCUT2D eigenvalue weighted by atomic mass is 32.2. The molecule has 6 atom stereocenters. The molecule has 2 aliphatic rings. The highest BCUT2D eigenvalue weighted by molar-refractivity contribution is 8.14. The van der Waals surface area contributed by atoms with Crippen molar-refractivity contribution < 1.29 is 24.8 Å². The number of ether oxygens (including phenoxy) is 2. The Bertz CT molecular complexity index is 612. The zero-order chi connectivity index (χ0) is 18.0. The highest BCUT2D eigenvalue weighted by Crippen LogP contribution is 2.37. The van der Waals surface area contributed by atoms with Gasteiger partial charge in [-0.2, -0.15) is 0 Å². The molecule has 1 saturated heterocycles. The largest absolute Gasteiger partial charge is 0.497 e. The number of aryl methyl sites for hydroxylation is 1. The van der Waals surface area contributed by atoms with Gasteiger partial charge in [0, 0.05) is 7.05 Å². The van der Waals surface area contributed by atoms with Gasteiger partial charge in [-0.15, -0.1) is 0 Å². The van der Waals surface area contributed by atoms with E-state index in [-0.39, 0.29) is 0 Å². The Balaban J connectivity index is 1.59. The summed E-state index contributed by atoms with van der Waals surface area (Å²) in [5.74, 6) is 0.781. The number of hydrogen-bond donors (Lipinski definition) is 4. The summed E-state index contributed by atoms with van der Waals surface area (Å²) < 4.78 is 11.0. The SMILES string of the molecule is CNC1=N[C@@H]2[C@@H](O)[C@H](O)[C@@H]([C@H](O)CCc3ccc(OC)cc3)O[C@@H]2S1. The second kappa shape index (κ2) is 7.92. The van der Waals surface area contributed by atoms with Crippen LogP contribution in [0, 0.1) is 0 Å². The van der Waals surface area contributed by atoms with Gasteiger partial charge in [-0.05, 0) is 30.5 Å². The van der Waals surface area contributed by atoms with E-state index in [4.69, 9.17) is 9.47 Å². The van der Waals surface area contributed by atoms with Crippen LogP contribution < -0.4 is 10.1 Å². The molecule has 0 radical (unpaired) electrons. The molecule has 1 fully saturated rings. The van der Waals surface area contributed by atoms with Crippen LogP contribution in [0.5, 0.6) is 5.75 Å².